The standard InChI is InChI=1S/C27H21Cl3N2O2/c1-32-26(33)25(22-15-31-24-13-20(30)10-11-21(22)24)23(12-16-2-6-18(28)7-3-16)27(32,34)14-17-4-8-19(29)9-5-17/h2-11,13,15,31,34H,12,14H2,1H3. The van der Waals surface area contributed by atoms with Crippen molar-refractivity contribution in [2.24, 2.45) is 0 Å². The highest BCUT2D eigenvalue weighted by Gasteiger charge is 2.49. The van der Waals surface area contributed by atoms with Crippen molar-refractivity contribution < 1.29 is 9.90 Å². The van der Waals surface area contributed by atoms with Crippen LogP contribution in [0.4, 0.5) is 0 Å². The first kappa shape index (κ1) is 23.0. The van der Waals surface area contributed by atoms with Crippen LogP contribution in [0.15, 0.2) is 78.5 Å². The average Bonchev–Trinajstić information content (AvgIpc) is 3.29. The molecule has 34 heavy (non-hydrogen) atoms. The third kappa shape index (κ3) is 4.01. The number of H-pyrrole nitrogens is 1. The van der Waals surface area contributed by atoms with Crippen molar-refractivity contribution >= 4 is 57.2 Å². The van der Waals surface area contributed by atoms with E-state index in [1.54, 1.807) is 31.4 Å². The molecular weight excluding hydrogens is 491 g/mol. The Morgan fingerprint density at radius 1 is 0.882 bits per heavy atom. The summed E-state index contributed by atoms with van der Waals surface area (Å²) in [4.78, 5) is 18.3. The Morgan fingerprint density at radius 2 is 1.47 bits per heavy atom. The summed E-state index contributed by atoms with van der Waals surface area (Å²) in [5, 5.41) is 14.8. The molecule has 1 unspecified atom stereocenters. The van der Waals surface area contributed by atoms with Gasteiger partial charge in [-0.3, -0.25) is 4.79 Å². The van der Waals surface area contributed by atoms with Crippen molar-refractivity contribution in [2.45, 2.75) is 18.6 Å². The third-order valence-electron chi connectivity index (χ3n) is 6.43. The first-order valence-electron chi connectivity index (χ1n) is 10.8. The number of carbonyl (C=O) groups excluding carboxylic acids is 1. The molecule has 0 fully saturated rings. The summed E-state index contributed by atoms with van der Waals surface area (Å²) in [6.07, 6.45) is 2.41. The fraction of sp³-hybridized carbons (Fsp3) is 0.148. The van der Waals surface area contributed by atoms with Crippen LogP contribution in [0.2, 0.25) is 15.1 Å². The van der Waals surface area contributed by atoms with Crippen LogP contribution < -0.4 is 0 Å². The number of aromatic amines is 1. The highest BCUT2D eigenvalue weighted by atomic mass is 35.5. The minimum atomic E-state index is -1.52. The highest BCUT2D eigenvalue weighted by Crippen LogP contribution is 2.43. The van der Waals surface area contributed by atoms with Gasteiger partial charge >= 0.3 is 0 Å². The van der Waals surface area contributed by atoms with Gasteiger partial charge in [-0.1, -0.05) is 65.1 Å². The third-order valence-corrected chi connectivity index (χ3v) is 7.17. The maximum Gasteiger partial charge on any atom is 0.256 e. The number of hydrogen-bond donors (Lipinski definition) is 2. The second-order valence-electron chi connectivity index (χ2n) is 8.53. The maximum absolute atomic E-state index is 13.7. The summed E-state index contributed by atoms with van der Waals surface area (Å²) >= 11 is 18.3. The number of nitrogens with zero attached hydrogens (tertiary/aromatic N) is 1. The molecule has 0 saturated heterocycles. The monoisotopic (exact) mass is 510 g/mol. The van der Waals surface area contributed by atoms with Crippen molar-refractivity contribution in [1.29, 1.82) is 0 Å². The van der Waals surface area contributed by atoms with Gasteiger partial charge in [0, 0.05) is 51.2 Å². The Labute approximate surface area is 212 Å². The Hall–Kier alpha value is -2.76. The SMILES string of the molecule is CN1C(=O)C(c2c[nH]c3cc(Cl)ccc23)=C(Cc2ccc(Cl)cc2)C1(O)Cc1ccc(Cl)cc1. The molecule has 5 rings (SSSR count). The van der Waals surface area contributed by atoms with Crippen molar-refractivity contribution in [3.05, 3.63) is 110 Å². The predicted octanol–water partition coefficient (Wildman–Crippen LogP) is 6.53. The van der Waals surface area contributed by atoms with Crippen molar-refractivity contribution in [2.75, 3.05) is 7.05 Å². The van der Waals surface area contributed by atoms with Gasteiger partial charge in [-0.15, -0.1) is 0 Å². The number of benzene rings is 3. The van der Waals surface area contributed by atoms with Crippen LogP contribution in [0, 0.1) is 0 Å². The normalized spacial score (nSPS) is 18.4. The van der Waals surface area contributed by atoms with E-state index in [0.29, 0.717) is 32.6 Å². The van der Waals surface area contributed by atoms with Gasteiger partial charge in [0.1, 0.15) is 0 Å². The molecule has 1 aliphatic heterocycles. The van der Waals surface area contributed by atoms with Gasteiger partial charge in [0.2, 0.25) is 0 Å². The quantitative estimate of drug-likeness (QED) is 0.320. The molecule has 172 valence electrons. The second-order valence-corrected chi connectivity index (χ2v) is 9.84. The molecule has 4 nitrogen and oxygen atoms in total. The van der Waals surface area contributed by atoms with Crippen molar-refractivity contribution in [3.63, 3.8) is 0 Å². The fourth-order valence-electron chi connectivity index (χ4n) is 4.60. The lowest BCUT2D eigenvalue weighted by molar-refractivity contribution is -0.138. The zero-order valence-electron chi connectivity index (χ0n) is 18.3. The average molecular weight is 512 g/mol. The van der Waals surface area contributed by atoms with E-state index in [1.165, 1.54) is 4.90 Å². The number of carbonyl (C=O) groups is 1. The van der Waals surface area contributed by atoms with Crippen LogP contribution in [0.3, 0.4) is 0 Å². The molecular formula is C27H21Cl3N2O2. The molecule has 1 atom stereocenters. The maximum atomic E-state index is 13.7. The predicted molar refractivity (Wildman–Crippen MR) is 138 cm³/mol. The van der Waals surface area contributed by atoms with Crippen LogP contribution in [0.1, 0.15) is 16.7 Å². The molecule has 3 aromatic carbocycles. The largest absolute Gasteiger partial charge is 0.367 e. The van der Waals surface area contributed by atoms with Crippen LogP contribution in [0.25, 0.3) is 16.5 Å². The van der Waals surface area contributed by atoms with E-state index < -0.39 is 5.72 Å². The Kier molecular flexibility index (Phi) is 5.95. The number of hydrogen-bond acceptors (Lipinski definition) is 2. The number of amides is 1. The van der Waals surface area contributed by atoms with Crippen molar-refractivity contribution in [3.8, 4) is 0 Å². The molecule has 0 bridgehead atoms. The van der Waals surface area contributed by atoms with Gasteiger partial charge in [0.25, 0.3) is 5.91 Å². The molecule has 0 aliphatic carbocycles. The molecule has 1 amide bonds. The van der Waals surface area contributed by atoms with Crippen molar-refractivity contribution in [1.82, 2.24) is 9.88 Å². The number of halogens is 3. The van der Waals surface area contributed by atoms with Crippen LogP contribution in [-0.2, 0) is 17.6 Å². The van der Waals surface area contributed by atoms with E-state index in [9.17, 15) is 9.90 Å². The van der Waals surface area contributed by atoms with E-state index in [1.807, 2.05) is 48.5 Å². The first-order chi connectivity index (χ1) is 16.3. The Balaban J connectivity index is 1.69. The molecule has 1 aliphatic rings. The van der Waals surface area contributed by atoms with Gasteiger partial charge in [-0.2, -0.15) is 0 Å². The number of rotatable bonds is 5. The summed E-state index contributed by atoms with van der Waals surface area (Å²) in [5.41, 5.74) is 2.97. The van der Waals surface area contributed by atoms with Crippen LogP contribution in [0.5, 0.6) is 0 Å². The zero-order chi connectivity index (χ0) is 24.0. The van der Waals surface area contributed by atoms with Gasteiger partial charge in [0.05, 0.1) is 5.57 Å². The summed E-state index contributed by atoms with van der Waals surface area (Å²) in [5.74, 6) is -0.240. The van der Waals surface area contributed by atoms with Gasteiger partial charge in [-0.05, 0) is 59.5 Å². The fourth-order valence-corrected chi connectivity index (χ4v) is 5.02. The summed E-state index contributed by atoms with van der Waals surface area (Å²) in [6, 6.07) is 20.2. The lowest BCUT2D eigenvalue weighted by Gasteiger charge is -2.34. The molecule has 4 aromatic rings. The van der Waals surface area contributed by atoms with Crippen LogP contribution >= 0.6 is 34.8 Å². The smallest absolute Gasteiger partial charge is 0.256 e. The van der Waals surface area contributed by atoms with E-state index in [4.69, 9.17) is 34.8 Å². The molecule has 2 heterocycles. The molecule has 1 aromatic heterocycles. The van der Waals surface area contributed by atoms with Gasteiger partial charge in [0.15, 0.2) is 5.72 Å². The number of aliphatic hydroxyl groups is 1. The van der Waals surface area contributed by atoms with E-state index in [0.717, 1.165) is 27.6 Å². The van der Waals surface area contributed by atoms with E-state index in [2.05, 4.69) is 4.98 Å². The van der Waals surface area contributed by atoms with Crippen LogP contribution in [-0.4, -0.2) is 33.7 Å². The van der Waals surface area contributed by atoms with E-state index >= 15 is 0 Å². The lowest BCUT2D eigenvalue weighted by atomic mass is 9.87. The summed E-state index contributed by atoms with van der Waals surface area (Å²) in [7, 11) is 1.64. The molecule has 2 N–H and O–H groups in total. The topological polar surface area (TPSA) is 56.3 Å². The molecule has 7 heteroatoms. The summed E-state index contributed by atoms with van der Waals surface area (Å²) in [6.45, 7) is 0. The Morgan fingerprint density at radius 3 is 2.12 bits per heavy atom. The number of fused-ring (bicyclic) bond motifs is 1. The lowest BCUT2D eigenvalue weighted by Crippen LogP contribution is -2.48. The number of aromatic nitrogens is 1. The first-order valence-corrected chi connectivity index (χ1v) is 11.9. The minimum Gasteiger partial charge on any atom is -0.367 e. The number of nitrogens with one attached hydrogen (secondary N) is 1. The molecule has 0 saturated carbocycles. The number of likely N-dealkylation sites (N-methyl/N-ethyl adjacent to an activating group) is 1. The molecule has 0 radical (unpaired) electrons. The van der Waals surface area contributed by atoms with E-state index in [-0.39, 0.29) is 12.3 Å². The van der Waals surface area contributed by atoms with Gasteiger partial charge < -0.3 is 15.0 Å². The minimum absolute atomic E-state index is 0.229. The zero-order valence-corrected chi connectivity index (χ0v) is 20.5. The van der Waals surface area contributed by atoms with Gasteiger partial charge in [-0.25, -0.2) is 0 Å². The molecule has 0 spiro atoms. The highest BCUT2D eigenvalue weighted by molar-refractivity contribution is 6.32. The summed E-state index contributed by atoms with van der Waals surface area (Å²) < 4.78 is 0. The second kappa shape index (κ2) is 8.79. The Bertz CT molecular complexity index is 1420.